The smallest absolute Gasteiger partial charge is 0.226 e. The van der Waals surface area contributed by atoms with E-state index >= 15 is 0 Å². The van der Waals surface area contributed by atoms with Crippen LogP contribution in [0.3, 0.4) is 0 Å². The summed E-state index contributed by atoms with van der Waals surface area (Å²) < 4.78 is 0. The van der Waals surface area contributed by atoms with Crippen LogP contribution in [0.15, 0.2) is 24.3 Å². The van der Waals surface area contributed by atoms with Crippen molar-refractivity contribution in [2.24, 2.45) is 11.7 Å². The zero-order chi connectivity index (χ0) is 14.8. The van der Waals surface area contributed by atoms with E-state index in [1.165, 1.54) is 0 Å². The highest BCUT2D eigenvalue weighted by atomic mass is 35.5. The van der Waals surface area contributed by atoms with E-state index in [1.54, 1.807) is 0 Å². The van der Waals surface area contributed by atoms with Gasteiger partial charge in [-0.25, -0.2) is 0 Å². The summed E-state index contributed by atoms with van der Waals surface area (Å²) in [6.07, 6.45) is 6.26. The molecule has 0 saturated heterocycles. The van der Waals surface area contributed by atoms with Gasteiger partial charge >= 0.3 is 0 Å². The summed E-state index contributed by atoms with van der Waals surface area (Å²) in [5, 5.41) is 0.737. The molecule has 2 saturated carbocycles. The van der Waals surface area contributed by atoms with E-state index in [-0.39, 0.29) is 12.0 Å². The Bertz CT molecular complexity index is 498. The molecule has 0 aromatic heterocycles. The van der Waals surface area contributed by atoms with E-state index in [0.717, 1.165) is 49.1 Å². The molecule has 4 heteroatoms. The molecule has 114 valence electrons. The van der Waals surface area contributed by atoms with E-state index in [1.807, 2.05) is 24.3 Å². The van der Waals surface area contributed by atoms with Crippen LogP contribution in [-0.4, -0.2) is 22.9 Å². The lowest BCUT2D eigenvalue weighted by molar-refractivity contribution is -0.138. The number of nitrogens with two attached hydrogens (primary N) is 1. The summed E-state index contributed by atoms with van der Waals surface area (Å²) in [7, 11) is 0. The van der Waals surface area contributed by atoms with Crippen LogP contribution in [-0.2, 0) is 11.3 Å². The Balaban J connectivity index is 1.69. The molecule has 21 heavy (non-hydrogen) atoms. The molecule has 2 atom stereocenters. The number of benzene rings is 1. The third-order valence-corrected chi connectivity index (χ3v) is 4.85. The highest BCUT2D eigenvalue weighted by Crippen LogP contribution is 2.33. The first-order valence-electron chi connectivity index (χ1n) is 7.94. The Morgan fingerprint density at radius 2 is 1.90 bits per heavy atom. The number of carbonyl (C=O) groups excluding carboxylic acids is 1. The van der Waals surface area contributed by atoms with Crippen LogP contribution < -0.4 is 5.73 Å². The van der Waals surface area contributed by atoms with Crippen LogP contribution in [0.25, 0.3) is 0 Å². The Hall–Kier alpha value is -1.06. The Labute approximate surface area is 131 Å². The molecule has 0 bridgehead atoms. The van der Waals surface area contributed by atoms with Crippen LogP contribution in [0, 0.1) is 5.92 Å². The minimum Gasteiger partial charge on any atom is -0.335 e. The molecule has 1 amide bonds. The van der Waals surface area contributed by atoms with Crippen molar-refractivity contribution < 1.29 is 4.79 Å². The van der Waals surface area contributed by atoms with Crippen LogP contribution >= 0.6 is 11.6 Å². The van der Waals surface area contributed by atoms with Gasteiger partial charge in [0.15, 0.2) is 0 Å². The summed E-state index contributed by atoms with van der Waals surface area (Å²) in [5.74, 6) is 0.434. The second-order valence-corrected chi connectivity index (χ2v) is 6.88. The summed E-state index contributed by atoms with van der Waals surface area (Å²) >= 11 is 5.93. The van der Waals surface area contributed by atoms with Gasteiger partial charge in [0.05, 0.1) is 0 Å². The maximum atomic E-state index is 12.8. The Kier molecular flexibility index (Phi) is 4.51. The maximum Gasteiger partial charge on any atom is 0.226 e. The molecule has 1 aromatic carbocycles. The monoisotopic (exact) mass is 306 g/mol. The van der Waals surface area contributed by atoms with Gasteiger partial charge in [0, 0.05) is 29.6 Å². The molecule has 3 rings (SSSR count). The molecule has 3 nitrogen and oxygen atoms in total. The van der Waals surface area contributed by atoms with E-state index in [9.17, 15) is 4.79 Å². The SMILES string of the molecule is NC1CCCC(C(=O)N(Cc2ccc(Cl)cc2)C2CC2)C1. The van der Waals surface area contributed by atoms with Crippen molar-refractivity contribution in [1.82, 2.24) is 4.90 Å². The number of hydrogen-bond donors (Lipinski definition) is 1. The number of hydrogen-bond acceptors (Lipinski definition) is 2. The average Bonchev–Trinajstić information content (AvgIpc) is 3.30. The molecule has 0 spiro atoms. The highest BCUT2D eigenvalue weighted by molar-refractivity contribution is 6.30. The first-order valence-corrected chi connectivity index (χ1v) is 8.32. The molecule has 0 radical (unpaired) electrons. The number of halogens is 1. The third kappa shape index (κ3) is 3.78. The fraction of sp³-hybridized carbons (Fsp3) is 0.588. The van der Waals surface area contributed by atoms with E-state index in [2.05, 4.69) is 4.90 Å². The van der Waals surface area contributed by atoms with Gasteiger partial charge in [-0.3, -0.25) is 4.79 Å². The number of rotatable bonds is 4. The summed E-state index contributed by atoms with van der Waals surface area (Å²) in [6.45, 7) is 0.701. The topological polar surface area (TPSA) is 46.3 Å². The number of carbonyl (C=O) groups is 1. The molecule has 0 heterocycles. The number of nitrogens with zero attached hydrogens (tertiary/aromatic N) is 1. The molecular weight excluding hydrogens is 284 g/mol. The lowest BCUT2D eigenvalue weighted by atomic mass is 9.85. The van der Waals surface area contributed by atoms with E-state index in [4.69, 9.17) is 17.3 Å². The quantitative estimate of drug-likeness (QED) is 0.927. The Morgan fingerprint density at radius 3 is 2.52 bits per heavy atom. The minimum atomic E-state index is 0.127. The van der Waals surface area contributed by atoms with Gasteiger partial charge in [0.1, 0.15) is 0 Å². The molecule has 2 unspecified atom stereocenters. The van der Waals surface area contributed by atoms with Gasteiger partial charge in [0.2, 0.25) is 5.91 Å². The molecule has 2 aliphatic carbocycles. The van der Waals surface area contributed by atoms with Crippen LogP contribution in [0.4, 0.5) is 0 Å². The van der Waals surface area contributed by atoms with Crippen molar-refractivity contribution in [3.63, 3.8) is 0 Å². The normalized spacial score (nSPS) is 25.6. The molecule has 2 aliphatic rings. The molecule has 0 aliphatic heterocycles. The predicted octanol–water partition coefficient (Wildman–Crippen LogP) is 3.35. The average molecular weight is 307 g/mol. The molecule has 1 aromatic rings. The molecular formula is C17H23ClN2O. The second-order valence-electron chi connectivity index (χ2n) is 6.45. The first kappa shape index (κ1) is 14.9. The van der Waals surface area contributed by atoms with Crippen molar-refractivity contribution in [3.05, 3.63) is 34.9 Å². The predicted molar refractivity (Wildman–Crippen MR) is 85.0 cm³/mol. The maximum absolute atomic E-state index is 12.8. The van der Waals surface area contributed by atoms with Gasteiger partial charge in [-0.1, -0.05) is 30.2 Å². The molecule has 2 N–H and O–H groups in total. The van der Waals surface area contributed by atoms with Gasteiger partial charge < -0.3 is 10.6 Å². The zero-order valence-corrected chi connectivity index (χ0v) is 13.1. The summed E-state index contributed by atoms with van der Waals surface area (Å²) in [4.78, 5) is 14.9. The first-order chi connectivity index (χ1) is 10.1. The largest absolute Gasteiger partial charge is 0.335 e. The van der Waals surface area contributed by atoms with Crippen molar-refractivity contribution >= 4 is 17.5 Å². The van der Waals surface area contributed by atoms with Crippen molar-refractivity contribution in [1.29, 1.82) is 0 Å². The van der Waals surface area contributed by atoms with Crippen LogP contribution in [0.1, 0.15) is 44.1 Å². The van der Waals surface area contributed by atoms with Gasteiger partial charge in [-0.15, -0.1) is 0 Å². The third-order valence-electron chi connectivity index (χ3n) is 4.60. The van der Waals surface area contributed by atoms with Crippen molar-refractivity contribution in [2.45, 2.75) is 57.2 Å². The lowest BCUT2D eigenvalue weighted by Gasteiger charge is -2.31. The van der Waals surface area contributed by atoms with Gasteiger partial charge in [0.25, 0.3) is 0 Å². The summed E-state index contributed by atoms with van der Waals surface area (Å²) in [5.41, 5.74) is 7.19. The van der Waals surface area contributed by atoms with E-state index in [0.29, 0.717) is 18.5 Å². The highest BCUT2D eigenvalue weighted by Gasteiger charge is 2.37. The zero-order valence-electron chi connectivity index (χ0n) is 12.3. The van der Waals surface area contributed by atoms with Crippen LogP contribution in [0.2, 0.25) is 5.02 Å². The summed E-state index contributed by atoms with van der Waals surface area (Å²) in [6, 6.07) is 8.44. The van der Waals surface area contributed by atoms with Gasteiger partial charge in [-0.05, 0) is 49.8 Å². The van der Waals surface area contributed by atoms with Crippen molar-refractivity contribution in [2.75, 3.05) is 0 Å². The van der Waals surface area contributed by atoms with Crippen molar-refractivity contribution in [3.8, 4) is 0 Å². The number of amides is 1. The molecule has 2 fully saturated rings. The standard InChI is InChI=1S/C17H23ClN2O/c18-14-6-4-12(5-7-14)11-20(16-8-9-16)17(21)13-2-1-3-15(19)10-13/h4-7,13,15-16H,1-3,8-11,19H2. The minimum absolute atomic E-state index is 0.127. The van der Waals surface area contributed by atoms with E-state index < -0.39 is 0 Å². The fourth-order valence-electron chi connectivity index (χ4n) is 3.25. The second kappa shape index (κ2) is 6.37. The fourth-order valence-corrected chi connectivity index (χ4v) is 3.37. The van der Waals surface area contributed by atoms with Gasteiger partial charge in [-0.2, -0.15) is 0 Å². The van der Waals surface area contributed by atoms with Crippen LogP contribution in [0.5, 0.6) is 0 Å². The Morgan fingerprint density at radius 1 is 1.19 bits per heavy atom. The lowest BCUT2D eigenvalue weighted by Crippen LogP contribution is -2.41.